The van der Waals surface area contributed by atoms with Gasteiger partial charge in [-0.1, -0.05) is 0 Å². The Labute approximate surface area is 92.3 Å². The van der Waals surface area contributed by atoms with Crippen molar-refractivity contribution in [1.29, 1.82) is 0 Å². The molecule has 1 aliphatic rings. The molecule has 6 nitrogen and oxygen atoms in total. The van der Waals surface area contributed by atoms with Gasteiger partial charge in [-0.3, -0.25) is 0 Å². The minimum Gasteiger partial charge on any atom is -0.480 e. The summed E-state index contributed by atoms with van der Waals surface area (Å²) in [4.78, 5) is 26.7. The number of rotatable bonds is 3. The molecule has 16 heavy (non-hydrogen) atoms. The van der Waals surface area contributed by atoms with E-state index in [1.54, 1.807) is 6.20 Å². The van der Waals surface area contributed by atoms with E-state index in [9.17, 15) is 9.59 Å². The molecule has 0 saturated carbocycles. The fourth-order valence-electron chi connectivity index (χ4n) is 1.76. The third kappa shape index (κ3) is 1.73. The maximum atomic E-state index is 11.6. The first-order valence-electron chi connectivity index (χ1n) is 5.03. The van der Waals surface area contributed by atoms with Gasteiger partial charge >= 0.3 is 12.0 Å². The maximum Gasteiger partial charge on any atom is 0.326 e. The number of aromatic nitrogens is 1. The second kappa shape index (κ2) is 3.88. The molecular formula is C10H13N3O3. The van der Waals surface area contributed by atoms with Crippen LogP contribution in [0, 0.1) is 0 Å². The monoisotopic (exact) mass is 223 g/mol. The van der Waals surface area contributed by atoms with E-state index in [0.29, 0.717) is 6.54 Å². The van der Waals surface area contributed by atoms with Crippen LogP contribution in [0.25, 0.3) is 0 Å². The van der Waals surface area contributed by atoms with Gasteiger partial charge in [-0.2, -0.15) is 0 Å². The number of carbonyl (C=O) groups excluding carboxylic acids is 1. The minimum absolute atomic E-state index is 0.163. The van der Waals surface area contributed by atoms with Crippen LogP contribution in [0.15, 0.2) is 18.3 Å². The summed E-state index contributed by atoms with van der Waals surface area (Å²) in [5, 5.41) is 11.6. The van der Waals surface area contributed by atoms with Crippen molar-refractivity contribution in [3.8, 4) is 0 Å². The number of nitrogens with one attached hydrogen (secondary N) is 2. The topological polar surface area (TPSA) is 85.4 Å². The molecule has 0 aliphatic carbocycles. The SMILES string of the molecule is CC(C(=O)O)N1CC(c2ccc[nH]2)NC1=O. The van der Waals surface area contributed by atoms with E-state index in [1.807, 2.05) is 12.1 Å². The first-order chi connectivity index (χ1) is 7.59. The summed E-state index contributed by atoms with van der Waals surface area (Å²) < 4.78 is 0. The Morgan fingerprint density at radius 3 is 3.00 bits per heavy atom. The number of urea groups is 1. The van der Waals surface area contributed by atoms with Crippen LogP contribution in [-0.2, 0) is 4.79 Å². The Kier molecular flexibility index (Phi) is 2.55. The molecule has 2 amide bonds. The molecule has 1 fully saturated rings. The van der Waals surface area contributed by atoms with E-state index in [-0.39, 0.29) is 12.1 Å². The molecule has 2 heterocycles. The molecule has 0 bridgehead atoms. The summed E-state index contributed by atoms with van der Waals surface area (Å²) >= 11 is 0. The van der Waals surface area contributed by atoms with Crippen molar-refractivity contribution >= 4 is 12.0 Å². The summed E-state index contributed by atoms with van der Waals surface area (Å²) in [5.74, 6) is -0.998. The molecule has 2 unspecified atom stereocenters. The second-order valence-corrected chi connectivity index (χ2v) is 3.79. The number of hydrogen-bond acceptors (Lipinski definition) is 2. The van der Waals surface area contributed by atoms with Crippen molar-refractivity contribution in [3.05, 3.63) is 24.0 Å². The molecule has 3 N–H and O–H groups in total. The number of aromatic amines is 1. The van der Waals surface area contributed by atoms with E-state index in [2.05, 4.69) is 10.3 Å². The highest BCUT2D eigenvalue weighted by Gasteiger charge is 2.35. The first-order valence-corrected chi connectivity index (χ1v) is 5.03. The Hall–Kier alpha value is -1.98. The predicted octanol–water partition coefficient (Wildman–Crippen LogP) is 0.554. The molecular weight excluding hydrogens is 210 g/mol. The van der Waals surface area contributed by atoms with Crippen molar-refractivity contribution in [1.82, 2.24) is 15.2 Å². The van der Waals surface area contributed by atoms with Crippen molar-refractivity contribution in [3.63, 3.8) is 0 Å². The molecule has 0 aromatic carbocycles. The highest BCUT2D eigenvalue weighted by atomic mass is 16.4. The number of carboxylic acids is 1. The summed E-state index contributed by atoms with van der Waals surface area (Å²) in [6.07, 6.45) is 1.77. The van der Waals surface area contributed by atoms with Crippen molar-refractivity contribution in [2.75, 3.05) is 6.54 Å². The normalized spacial score (nSPS) is 21.9. The van der Waals surface area contributed by atoms with Gasteiger partial charge in [0, 0.05) is 18.4 Å². The number of amides is 2. The van der Waals surface area contributed by atoms with Crippen LogP contribution in [0.1, 0.15) is 18.7 Å². The second-order valence-electron chi connectivity index (χ2n) is 3.79. The van der Waals surface area contributed by atoms with Crippen LogP contribution < -0.4 is 5.32 Å². The van der Waals surface area contributed by atoms with Gasteiger partial charge in [0.15, 0.2) is 0 Å². The highest BCUT2D eigenvalue weighted by molar-refractivity contribution is 5.84. The third-order valence-electron chi connectivity index (χ3n) is 2.76. The zero-order valence-corrected chi connectivity index (χ0v) is 8.80. The molecule has 0 spiro atoms. The first kappa shape index (κ1) is 10.5. The zero-order valence-electron chi connectivity index (χ0n) is 8.80. The summed E-state index contributed by atoms with van der Waals surface area (Å²) in [6, 6.07) is 2.39. The van der Waals surface area contributed by atoms with Crippen LogP contribution in [-0.4, -0.2) is 39.6 Å². The Morgan fingerprint density at radius 2 is 2.44 bits per heavy atom. The Morgan fingerprint density at radius 1 is 1.69 bits per heavy atom. The van der Waals surface area contributed by atoms with E-state index in [0.717, 1.165) is 5.69 Å². The molecule has 86 valence electrons. The largest absolute Gasteiger partial charge is 0.480 e. The van der Waals surface area contributed by atoms with Gasteiger partial charge in [0.2, 0.25) is 0 Å². The summed E-state index contributed by atoms with van der Waals surface area (Å²) in [7, 11) is 0. The number of H-pyrrole nitrogens is 1. The quantitative estimate of drug-likeness (QED) is 0.699. The van der Waals surface area contributed by atoms with Gasteiger partial charge in [-0.05, 0) is 19.1 Å². The molecule has 2 atom stereocenters. The lowest BCUT2D eigenvalue weighted by Crippen LogP contribution is -2.40. The highest BCUT2D eigenvalue weighted by Crippen LogP contribution is 2.20. The van der Waals surface area contributed by atoms with Crippen molar-refractivity contribution < 1.29 is 14.7 Å². The maximum absolute atomic E-state index is 11.6. The molecule has 1 aliphatic heterocycles. The standard InChI is InChI=1S/C10H13N3O3/c1-6(9(14)15)13-5-8(12-10(13)16)7-3-2-4-11-7/h2-4,6,8,11H,5H2,1H3,(H,12,16)(H,14,15). The van der Waals surface area contributed by atoms with Crippen LogP contribution in [0.5, 0.6) is 0 Å². The number of nitrogens with zero attached hydrogens (tertiary/aromatic N) is 1. The van der Waals surface area contributed by atoms with Gasteiger partial charge in [-0.25, -0.2) is 9.59 Å². The van der Waals surface area contributed by atoms with Gasteiger partial charge < -0.3 is 20.3 Å². The molecule has 1 aromatic rings. The average molecular weight is 223 g/mol. The number of carboxylic acid groups (broad SMARTS) is 1. The summed E-state index contributed by atoms with van der Waals surface area (Å²) in [6.45, 7) is 1.87. The third-order valence-corrected chi connectivity index (χ3v) is 2.76. The molecule has 1 aromatic heterocycles. The lowest BCUT2D eigenvalue weighted by Gasteiger charge is -2.18. The van der Waals surface area contributed by atoms with Gasteiger partial charge in [-0.15, -0.1) is 0 Å². The zero-order chi connectivity index (χ0) is 11.7. The van der Waals surface area contributed by atoms with Gasteiger partial charge in [0.25, 0.3) is 0 Å². The van der Waals surface area contributed by atoms with Gasteiger partial charge in [0.1, 0.15) is 6.04 Å². The number of hydrogen-bond donors (Lipinski definition) is 3. The predicted molar refractivity (Wildman–Crippen MR) is 55.9 cm³/mol. The van der Waals surface area contributed by atoms with Gasteiger partial charge in [0.05, 0.1) is 6.04 Å². The molecule has 0 radical (unpaired) electrons. The van der Waals surface area contributed by atoms with Crippen molar-refractivity contribution in [2.45, 2.75) is 19.0 Å². The fourth-order valence-corrected chi connectivity index (χ4v) is 1.76. The summed E-state index contributed by atoms with van der Waals surface area (Å²) in [5.41, 5.74) is 0.883. The molecule has 2 rings (SSSR count). The van der Waals surface area contributed by atoms with Crippen LogP contribution in [0.4, 0.5) is 4.79 Å². The average Bonchev–Trinajstić information content (AvgIpc) is 2.84. The number of carbonyl (C=O) groups is 2. The van der Waals surface area contributed by atoms with Crippen molar-refractivity contribution in [2.24, 2.45) is 0 Å². The van der Waals surface area contributed by atoms with E-state index in [4.69, 9.17) is 5.11 Å². The van der Waals surface area contributed by atoms with E-state index in [1.165, 1.54) is 11.8 Å². The van der Waals surface area contributed by atoms with Crippen LogP contribution in [0.3, 0.4) is 0 Å². The number of aliphatic carboxylic acids is 1. The lowest BCUT2D eigenvalue weighted by atomic mass is 10.2. The molecule has 6 heteroatoms. The van der Waals surface area contributed by atoms with Crippen LogP contribution >= 0.6 is 0 Å². The van der Waals surface area contributed by atoms with E-state index < -0.39 is 12.0 Å². The van der Waals surface area contributed by atoms with Crippen LogP contribution in [0.2, 0.25) is 0 Å². The molecule has 1 saturated heterocycles. The Balaban J connectivity index is 2.10. The lowest BCUT2D eigenvalue weighted by molar-refractivity contribution is -0.141. The Bertz CT molecular complexity index is 401. The minimum atomic E-state index is -0.998. The van der Waals surface area contributed by atoms with E-state index >= 15 is 0 Å². The fraction of sp³-hybridized carbons (Fsp3) is 0.400. The smallest absolute Gasteiger partial charge is 0.326 e.